The number of hydrogen-bond acceptors (Lipinski definition) is 11. The average Bonchev–Trinajstić information content (AvgIpc) is 3.70. The number of ether oxygens (including phenoxy) is 1. The van der Waals surface area contributed by atoms with Gasteiger partial charge in [-0.15, -0.1) is 5.10 Å². The van der Waals surface area contributed by atoms with Crippen LogP contribution in [-0.2, 0) is 47.0 Å². The molecule has 53 heavy (non-hydrogen) atoms. The van der Waals surface area contributed by atoms with E-state index in [0.717, 1.165) is 55.3 Å². The van der Waals surface area contributed by atoms with E-state index in [1.807, 2.05) is 124 Å². The summed E-state index contributed by atoms with van der Waals surface area (Å²) in [5.74, 6) is 2.73. The lowest BCUT2D eigenvalue weighted by Crippen LogP contribution is -2.32. The molecule has 1 aliphatic heterocycles. The van der Waals surface area contributed by atoms with E-state index >= 15 is 0 Å². The summed E-state index contributed by atoms with van der Waals surface area (Å²) >= 11 is 0. The molecule has 0 aromatic carbocycles. The smallest absolute Gasteiger partial charge is 0.147 e. The van der Waals surface area contributed by atoms with Gasteiger partial charge in [0, 0.05) is 85.9 Å². The summed E-state index contributed by atoms with van der Waals surface area (Å²) in [5.41, 5.74) is 4.44. The van der Waals surface area contributed by atoms with Crippen molar-refractivity contribution in [1.29, 1.82) is 0 Å². The van der Waals surface area contributed by atoms with Crippen LogP contribution in [0.15, 0.2) is 56.0 Å². The molecule has 1 aliphatic carbocycles. The Morgan fingerprint density at radius 3 is 1.34 bits per heavy atom. The molecule has 1 saturated carbocycles. The van der Waals surface area contributed by atoms with Crippen molar-refractivity contribution in [3.8, 4) is 0 Å². The largest absolute Gasteiger partial charge is 0.379 e. The summed E-state index contributed by atoms with van der Waals surface area (Å²) in [5, 5.41) is 23.1. The molecule has 2 aliphatic rings. The molecule has 0 spiro atoms. The Bertz CT molecular complexity index is 1430. The lowest BCUT2D eigenvalue weighted by molar-refractivity contribution is 0.0503. The Morgan fingerprint density at radius 1 is 0.642 bits per heavy atom. The van der Waals surface area contributed by atoms with Gasteiger partial charge in [-0.05, 0) is 66.1 Å². The van der Waals surface area contributed by atoms with Crippen LogP contribution in [0.5, 0.6) is 0 Å². The van der Waals surface area contributed by atoms with Crippen LogP contribution in [0.2, 0.25) is 0 Å². The van der Waals surface area contributed by atoms with Crippen molar-refractivity contribution in [1.82, 2.24) is 78.5 Å². The predicted molar refractivity (Wildman–Crippen MR) is 208 cm³/mol. The van der Waals surface area contributed by atoms with Crippen LogP contribution in [0.4, 0.5) is 0 Å². The highest BCUT2D eigenvalue weighted by Crippen LogP contribution is 2.26. The topological polar surface area (TPSA) is 158 Å². The van der Waals surface area contributed by atoms with Gasteiger partial charge in [0.2, 0.25) is 0 Å². The van der Waals surface area contributed by atoms with Crippen molar-refractivity contribution in [3.05, 3.63) is 90.3 Å². The maximum atomic E-state index is 5.10. The summed E-state index contributed by atoms with van der Waals surface area (Å²) in [6.07, 6.45) is 17.5. The monoisotopic (exact) mass is 737 g/mol. The fourth-order valence-electron chi connectivity index (χ4n) is 3.71. The molecule has 0 radical (unpaired) electrons. The van der Waals surface area contributed by atoms with Crippen molar-refractivity contribution in [2.45, 2.75) is 61.3 Å². The minimum Gasteiger partial charge on any atom is -0.379 e. The molecule has 1 saturated heterocycles. The highest BCUT2D eigenvalue weighted by Gasteiger charge is 2.12. The van der Waals surface area contributed by atoms with E-state index in [1.54, 1.807) is 43.9 Å². The van der Waals surface area contributed by atoms with Crippen LogP contribution in [0.25, 0.3) is 0 Å². The van der Waals surface area contributed by atoms with E-state index in [-0.39, 0.29) is 0 Å². The number of rotatable bonds is 0. The second-order valence-electron chi connectivity index (χ2n) is 13.0. The molecule has 0 amide bonds. The Morgan fingerprint density at radius 2 is 1.21 bits per heavy atom. The maximum absolute atomic E-state index is 5.10. The lowest BCUT2D eigenvalue weighted by Gasteiger charge is -2.21. The quantitative estimate of drug-likeness (QED) is 0.223. The minimum atomic E-state index is 0.822. The molecular weight excluding hydrogens is 673 g/mol. The van der Waals surface area contributed by atoms with Crippen molar-refractivity contribution in [2.75, 3.05) is 33.4 Å². The third kappa shape index (κ3) is 25.6. The van der Waals surface area contributed by atoms with Gasteiger partial charge in [0.1, 0.15) is 24.3 Å². The highest BCUT2D eigenvalue weighted by atomic mass is 16.5. The van der Waals surface area contributed by atoms with Gasteiger partial charge in [0.15, 0.2) is 0 Å². The standard InChI is InChI=1S/3C5H8N2.C5H11NO.3C4H7N3.C4H8/c1-5-3-7(2)4-6-5;1-5-3-6-7(2)4-5;1-5-3-4-6-7(5)2;1-6-2-4-7-5-3-6;2*1-4-5-3-7(2)6-4;1-4-3-7(2)6-5-4;1-4-2-3-4/h3*3-4H,1-2H3;2-5H2,1H3;3*3H,1-2H3;4H,2-3H2,1H3. The first-order valence-electron chi connectivity index (χ1n) is 17.6. The number of aryl methyl sites for hydroxylation is 12. The number of hydrogen-bond donors (Lipinski definition) is 0. The molecular formula is C36H64N16O. The van der Waals surface area contributed by atoms with Gasteiger partial charge in [0.25, 0.3) is 0 Å². The second kappa shape index (κ2) is 25.8. The number of aromatic nitrogens is 15. The fourth-order valence-corrected chi connectivity index (χ4v) is 3.71. The van der Waals surface area contributed by atoms with Gasteiger partial charge in [0.05, 0.1) is 37.1 Å². The number of imidazole rings is 1. The molecule has 17 heteroatoms. The molecule has 6 aromatic rings. The lowest BCUT2D eigenvalue weighted by atomic mass is 10.4. The second-order valence-corrected chi connectivity index (χ2v) is 13.0. The molecule has 0 N–H and O–H groups in total. The normalized spacial score (nSPS) is 12.8. The van der Waals surface area contributed by atoms with E-state index in [9.17, 15) is 0 Å². The number of likely N-dealkylation sites (N-methyl/N-ethyl adjacent to an activating group) is 1. The zero-order chi connectivity index (χ0) is 39.8. The fraction of sp³-hybridized carbons (Fsp3) is 0.583. The summed E-state index contributed by atoms with van der Waals surface area (Å²) in [6, 6.07) is 1.97. The van der Waals surface area contributed by atoms with Crippen LogP contribution < -0.4 is 0 Å². The van der Waals surface area contributed by atoms with E-state index < -0.39 is 0 Å². The molecule has 8 rings (SSSR count). The molecule has 6 aromatic heterocycles. The average molecular weight is 737 g/mol. The summed E-state index contributed by atoms with van der Waals surface area (Å²) in [6.45, 7) is 17.9. The van der Waals surface area contributed by atoms with Crippen molar-refractivity contribution in [2.24, 2.45) is 48.2 Å². The molecule has 2 fully saturated rings. The van der Waals surface area contributed by atoms with Gasteiger partial charge in [-0.25, -0.2) is 15.0 Å². The zero-order valence-electron chi connectivity index (χ0n) is 34.6. The van der Waals surface area contributed by atoms with Gasteiger partial charge in [-0.3, -0.25) is 23.4 Å². The third-order valence-electron chi connectivity index (χ3n) is 6.98. The SMILES string of the molecule is CC1CC1.CN1CCOCC1.Cc1ccnn1C.Cc1cn(C)cn1.Cc1cn(C)nn1.Cc1cnn(C)c1.Cc1ncn(C)n1.Cc1ncn(C)n1. The van der Waals surface area contributed by atoms with Crippen LogP contribution >= 0.6 is 0 Å². The van der Waals surface area contributed by atoms with Gasteiger partial charge >= 0.3 is 0 Å². The van der Waals surface area contributed by atoms with E-state index in [0.29, 0.717) is 0 Å². The van der Waals surface area contributed by atoms with E-state index in [4.69, 9.17) is 4.74 Å². The van der Waals surface area contributed by atoms with E-state index in [1.165, 1.54) is 24.1 Å². The molecule has 0 bridgehead atoms. The Hall–Kier alpha value is -5.03. The Balaban J connectivity index is 0.000000304. The van der Waals surface area contributed by atoms with Crippen molar-refractivity contribution >= 4 is 0 Å². The van der Waals surface area contributed by atoms with Crippen LogP contribution in [-0.4, -0.2) is 112 Å². The summed E-state index contributed by atoms with van der Waals surface area (Å²) in [7, 11) is 13.4. The Kier molecular flexibility index (Phi) is 22.4. The highest BCUT2D eigenvalue weighted by molar-refractivity contribution is 4.98. The zero-order valence-corrected chi connectivity index (χ0v) is 34.6. The first-order chi connectivity index (χ1) is 25.0. The summed E-state index contributed by atoms with van der Waals surface area (Å²) in [4.78, 5) is 14.0. The molecule has 0 unspecified atom stereocenters. The summed E-state index contributed by atoms with van der Waals surface area (Å²) < 4.78 is 15.7. The van der Waals surface area contributed by atoms with Gasteiger partial charge < -0.3 is 14.2 Å². The van der Waals surface area contributed by atoms with Crippen molar-refractivity contribution in [3.63, 3.8) is 0 Å². The predicted octanol–water partition coefficient (Wildman–Crippen LogP) is 3.92. The van der Waals surface area contributed by atoms with Crippen LogP contribution in [0, 0.1) is 47.5 Å². The molecule has 294 valence electrons. The van der Waals surface area contributed by atoms with Crippen LogP contribution in [0.1, 0.15) is 54.1 Å². The first-order valence-corrected chi connectivity index (χ1v) is 17.6. The van der Waals surface area contributed by atoms with Gasteiger partial charge in [-0.1, -0.05) is 25.0 Å². The minimum absolute atomic E-state index is 0.822. The molecule has 17 nitrogen and oxygen atoms in total. The third-order valence-corrected chi connectivity index (χ3v) is 6.98. The number of morpholine rings is 1. The van der Waals surface area contributed by atoms with Gasteiger partial charge in [-0.2, -0.15) is 20.4 Å². The number of nitrogens with zero attached hydrogens (tertiary/aromatic N) is 16. The van der Waals surface area contributed by atoms with E-state index in [2.05, 4.69) is 64.5 Å². The molecule has 7 heterocycles. The van der Waals surface area contributed by atoms with Crippen molar-refractivity contribution < 1.29 is 4.74 Å². The molecule has 0 atom stereocenters. The first kappa shape index (κ1) is 46.0. The Labute approximate surface area is 316 Å². The van der Waals surface area contributed by atoms with Crippen LogP contribution in [0.3, 0.4) is 0 Å². The maximum Gasteiger partial charge on any atom is 0.147 e.